The molecule has 0 saturated carbocycles. The standard InChI is InChI=1S/C14H27NO3/c1-5-12-10-11(7-9-16)6-8-15(12)13(17)18-14(2,3)4/h11-12,16H,5-10H2,1-4H3. The van der Waals surface area contributed by atoms with Crippen molar-refractivity contribution in [2.24, 2.45) is 5.92 Å². The topological polar surface area (TPSA) is 49.8 Å². The lowest BCUT2D eigenvalue weighted by Gasteiger charge is -2.39. The summed E-state index contributed by atoms with van der Waals surface area (Å²) in [5, 5.41) is 9.00. The van der Waals surface area contributed by atoms with Crippen LogP contribution < -0.4 is 0 Å². The second-order valence-corrected chi connectivity index (χ2v) is 6.14. The van der Waals surface area contributed by atoms with Gasteiger partial charge in [0.25, 0.3) is 0 Å². The average molecular weight is 257 g/mol. The number of hydrogen-bond acceptors (Lipinski definition) is 3. The summed E-state index contributed by atoms with van der Waals surface area (Å²) in [6.07, 6.45) is 3.55. The molecule has 2 atom stereocenters. The molecule has 1 heterocycles. The Morgan fingerprint density at radius 1 is 1.44 bits per heavy atom. The van der Waals surface area contributed by atoms with Gasteiger partial charge in [-0.15, -0.1) is 0 Å². The van der Waals surface area contributed by atoms with Crippen molar-refractivity contribution in [2.45, 2.75) is 65.0 Å². The first-order chi connectivity index (χ1) is 8.37. The fourth-order valence-corrected chi connectivity index (χ4v) is 2.53. The minimum absolute atomic E-state index is 0.197. The van der Waals surface area contributed by atoms with Crippen LogP contribution in [0.3, 0.4) is 0 Å². The molecule has 18 heavy (non-hydrogen) atoms. The van der Waals surface area contributed by atoms with Crippen molar-refractivity contribution in [1.82, 2.24) is 4.90 Å². The van der Waals surface area contributed by atoms with E-state index in [0.29, 0.717) is 5.92 Å². The molecule has 4 heteroatoms. The van der Waals surface area contributed by atoms with Crippen molar-refractivity contribution in [1.29, 1.82) is 0 Å². The fraction of sp³-hybridized carbons (Fsp3) is 0.929. The number of ether oxygens (including phenoxy) is 1. The molecule has 0 aromatic carbocycles. The Labute approximate surface area is 110 Å². The molecule has 0 bridgehead atoms. The monoisotopic (exact) mass is 257 g/mol. The van der Waals surface area contributed by atoms with Gasteiger partial charge in [-0.05, 0) is 52.4 Å². The molecule has 1 aliphatic rings. The number of aliphatic hydroxyl groups is 1. The van der Waals surface area contributed by atoms with Gasteiger partial charge in [-0.25, -0.2) is 4.79 Å². The van der Waals surface area contributed by atoms with E-state index in [-0.39, 0.29) is 18.7 Å². The van der Waals surface area contributed by atoms with E-state index >= 15 is 0 Å². The molecule has 1 fully saturated rings. The van der Waals surface area contributed by atoms with Crippen molar-refractivity contribution < 1.29 is 14.6 Å². The smallest absolute Gasteiger partial charge is 0.410 e. The first kappa shape index (κ1) is 15.3. The molecule has 1 rings (SSSR count). The van der Waals surface area contributed by atoms with Gasteiger partial charge in [0, 0.05) is 19.2 Å². The van der Waals surface area contributed by atoms with Gasteiger partial charge in [-0.1, -0.05) is 6.92 Å². The molecule has 0 spiro atoms. The predicted octanol–water partition coefficient (Wildman–Crippen LogP) is 2.79. The molecule has 106 valence electrons. The summed E-state index contributed by atoms with van der Waals surface area (Å²) in [5.74, 6) is 0.540. The lowest BCUT2D eigenvalue weighted by Crippen LogP contribution is -2.47. The van der Waals surface area contributed by atoms with Crippen LogP contribution in [-0.2, 0) is 4.74 Å². The van der Waals surface area contributed by atoms with E-state index in [9.17, 15) is 4.79 Å². The lowest BCUT2D eigenvalue weighted by molar-refractivity contribution is 0.00284. The number of carbonyl (C=O) groups excluding carboxylic acids is 1. The van der Waals surface area contributed by atoms with Crippen LogP contribution in [0.15, 0.2) is 0 Å². The van der Waals surface area contributed by atoms with Crippen LogP contribution in [0, 0.1) is 5.92 Å². The van der Waals surface area contributed by atoms with E-state index in [1.807, 2.05) is 25.7 Å². The highest BCUT2D eigenvalue weighted by Gasteiger charge is 2.32. The Morgan fingerprint density at radius 2 is 2.11 bits per heavy atom. The van der Waals surface area contributed by atoms with Crippen molar-refractivity contribution in [2.75, 3.05) is 13.2 Å². The van der Waals surface area contributed by atoms with Gasteiger partial charge >= 0.3 is 6.09 Å². The Kier molecular flexibility index (Phi) is 5.45. The van der Waals surface area contributed by atoms with Gasteiger partial charge in [0.1, 0.15) is 5.60 Å². The predicted molar refractivity (Wildman–Crippen MR) is 71.4 cm³/mol. The highest BCUT2D eigenvalue weighted by atomic mass is 16.6. The zero-order chi connectivity index (χ0) is 13.8. The van der Waals surface area contributed by atoms with Gasteiger partial charge in [0.2, 0.25) is 0 Å². The number of hydrogen-bond donors (Lipinski definition) is 1. The molecule has 0 aromatic rings. The quantitative estimate of drug-likeness (QED) is 0.845. The van der Waals surface area contributed by atoms with Gasteiger partial charge in [0.15, 0.2) is 0 Å². The molecule has 0 aromatic heterocycles. The molecule has 1 aliphatic heterocycles. The third-order valence-corrected chi connectivity index (χ3v) is 3.46. The number of nitrogens with zero attached hydrogens (tertiary/aromatic N) is 1. The normalized spacial score (nSPS) is 25.1. The average Bonchev–Trinajstić information content (AvgIpc) is 2.27. The largest absolute Gasteiger partial charge is 0.444 e. The summed E-state index contributed by atoms with van der Waals surface area (Å²) in [4.78, 5) is 14.0. The number of likely N-dealkylation sites (tertiary alicyclic amines) is 1. The summed E-state index contributed by atoms with van der Waals surface area (Å²) < 4.78 is 5.44. The Morgan fingerprint density at radius 3 is 2.61 bits per heavy atom. The van der Waals surface area contributed by atoms with E-state index in [1.54, 1.807) is 0 Å². The SMILES string of the molecule is CCC1CC(CCO)CCN1C(=O)OC(C)(C)C. The number of carbonyl (C=O) groups is 1. The van der Waals surface area contributed by atoms with Crippen molar-refractivity contribution in [3.05, 3.63) is 0 Å². The molecule has 1 saturated heterocycles. The summed E-state index contributed by atoms with van der Waals surface area (Å²) >= 11 is 0. The maximum Gasteiger partial charge on any atom is 0.410 e. The molecule has 0 aliphatic carbocycles. The zero-order valence-corrected chi connectivity index (χ0v) is 12.1. The van der Waals surface area contributed by atoms with Gasteiger partial charge in [-0.2, -0.15) is 0 Å². The van der Waals surface area contributed by atoms with Crippen molar-refractivity contribution in [3.63, 3.8) is 0 Å². The second kappa shape index (κ2) is 6.41. The third kappa shape index (κ3) is 4.48. The minimum atomic E-state index is -0.433. The van der Waals surface area contributed by atoms with E-state index in [0.717, 1.165) is 32.2 Å². The second-order valence-electron chi connectivity index (χ2n) is 6.14. The summed E-state index contributed by atoms with van der Waals surface area (Å²) in [7, 11) is 0. The highest BCUT2D eigenvalue weighted by Crippen LogP contribution is 2.28. The van der Waals surface area contributed by atoms with Crippen LogP contribution in [0.2, 0.25) is 0 Å². The van der Waals surface area contributed by atoms with Crippen LogP contribution >= 0.6 is 0 Å². The first-order valence-electron chi connectivity index (χ1n) is 6.97. The number of piperidine rings is 1. The van der Waals surface area contributed by atoms with Crippen LogP contribution in [0.1, 0.15) is 53.4 Å². The van der Waals surface area contributed by atoms with Crippen molar-refractivity contribution >= 4 is 6.09 Å². The summed E-state index contributed by atoms with van der Waals surface area (Å²) in [5.41, 5.74) is -0.433. The maximum absolute atomic E-state index is 12.1. The van der Waals surface area contributed by atoms with E-state index < -0.39 is 5.60 Å². The van der Waals surface area contributed by atoms with Gasteiger partial charge in [-0.3, -0.25) is 0 Å². The first-order valence-corrected chi connectivity index (χ1v) is 6.97. The van der Waals surface area contributed by atoms with Crippen LogP contribution in [0.5, 0.6) is 0 Å². The number of aliphatic hydroxyl groups excluding tert-OH is 1. The maximum atomic E-state index is 12.1. The van der Waals surface area contributed by atoms with Gasteiger partial charge < -0.3 is 14.7 Å². The third-order valence-electron chi connectivity index (χ3n) is 3.46. The molecule has 2 unspecified atom stereocenters. The van der Waals surface area contributed by atoms with Crippen LogP contribution in [0.4, 0.5) is 4.79 Å². The Hall–Kier alpha value is -0.770. The highest BCUT2D eigenvalue weighted by molar-refractivity contribution is 5.68. The molecule has 0 radical (unpaired) electrons. The van der Waals surface area contributed by atoms with Gasteiger partial charge in [0.05, 0.1) is 0 Å². The van der Waals surface area contributed by atoms with Crippen LogP contribution in [-0.4, -0.2) is 40.9 Å². The van der Waals surface area contributed by atoms with E-state index in [2.05, 4.69) is 6.92 Å². The molecular formula is C14H27NO3. The molecule has 1 amide bonds. The fourth-order valence-electron chi connectivity index (χ4n) is 2.53. The molecule has 1 N–H and O–H groups in total. The summed E-state index contributed by atoms with van der Waals surface area (Å²) in [6, 6.07) is 0.255. The number of rotatable bonds is 3. The lowest BCUT2D eigenvalue weighted by atomic mass is 9.88. The minimum Gasteiger partial charge on any atom is -0.444 e. The number of amides is 1. The zero-order valence-electron chi connectivity index (χ0n) is 12.1. The molecular weight excluding hydrogens is 230 g/mol. The van der Waals surface area contributed by atoms with E-state index in [1.165, 1.54) is 0 Å². The van der Waals surface area contributed by atoms with E-state index in [4.69, 9.17) is 9.84 Å². The molecule has 4 nitrogen and oxygen atoms in total. The summed E-state index contributed by atoms with van der Waals surface area (Å²) in [6.45, 7) is 8.77. The van der Waals surface area contributed by atoms with Crippen LogP contribution in [0.25, 0.3) is 0 Å². The Bertz CT molecular complexity index is 273. The Balaban J connectivity index is 2.58. The van der Waals surface area contributed by atoms with Crippen molar-refractivity contribution in [3.8, 4) is 0 Å².